The van der Waals surface area contributed by atoms with Crippen LogP contribution in [0, 0.1) is 6.92 Å². The van der Waals surface area contributed by atoms with Crippen molar-refractivity contribution in [3.63, 3.8) is 0 Å². The van der Waals surface area contributed by atoms with Gasteiger partial charge in [0.15, 0.2) is 0 Å². The highest BCUT2D eigenvalue weighted by molar-refractivity contribution is 6.34. The molecule has 0 aromatic heterocycles. The Labute approximate surface area is 120 Å². The first kappa shape index (κ1) is 13.7. The number of anilines is 1. The van der Waals surface area contributed by atoms with Crippen molar-refractivity contribution in [2.75, 3.05) is 5.32 Å². The van der Waals surface area contributed by atoms with E-state index in [2.05, 4.69) is 5.32 Å². The monoisotopic (exact) mass is 295 g/mol. The van der Waals surface area contributed by atoms with Crippen molar-refractivity contribution in [2.24, 2.45) is 0 Å². The van der Waals surface area contributed by atoms with E-state index in [-0.39, 0.29) is 11.3 Å². The molecule has 0 heterocycles. The predicted octanol–water partition coefficient (Wildman–Crippen LogP) is 4.26. The molecule has 3 nitrogen and oxygen atoms in total. The van der Waals surface area contributed by atoms with Crippen LogP contribution < -0.4 is 5.32 Å². The number of rotatable bonds is 2. The van der Waals surface area contributed by atoms with E-state index in [1.807, 2.05) is 13.0 Å². The van der Waals surface area contributed by atoms with Gasteiger partial charge in [-0.15, -0.1) is 0 Å². The highest BCUT2D eigenvalue weighted by Gasteiger charge is 2.13. The summed E-state index contributed by atoms with van der Waals surface area (Å²) < 4.78 is 0. The number of benzene rings is 2. The lowest BCUT2D eigenvalue weighted by atomic mass is 10.1. The largest absolute Gasteiger partial charge is 0.507 e. The summed E-state index contributed by atoms with van der Waals surface area (Å²) in [6.45, 7) is 1.91. The van der Waals surface area contributed by atoms with Gasteiger partial charge in [-0.25, -0.2) is 0 Å². The standard InChI is InChI=1S/C14H11Cl2NO2/c1-8-2-5-12(11(16)6-8)17-14(19)10-4-3-9(15)7-13(10)18/h2-7,18H,1H3,(H,17,19). The first-order valence-corrected chi connectivity index (χ1v) is 6.29. The number of carbonyl (C=O) groups is 1. The minimum atomic E-state index is -0.445. The normalized spacial score (nSPS) is 10.3. The fraction of sp³-hybridized carbons (Fsp3) is 0.0714. The molecule has 0 atom stereocenters. The lowest BCUT2D eigenvalue weighted by Crippen LogP contribution is -2.12. The molecule has 0 aliphatic carbocycles. The minimum absolute atomic E-state index is 0.140. The van der Waals surface area contributed by atoms with Crippen LogP contribution in [0.4, 0.5) is 5.69 Å². The zero-order valence-electron chi connectivity index (χ0n) is 10.1. The number of nitrogens with one attached hydrogen (secondary N) is 1. The quantitative estimate of drug-likeness (QED) is 0.870. The maximum absolute atomic E-state index is 12.0. The molecule has 0 bridgehead atoms. The Kier molecular flexibility index (Phi) is 3.98. The van der Waals surface area contributed by atoms with Gasteiger partial charge < -0.3 is 10.4 Å². The molecule has 0 fully saturated rings. The first-order valence-electron chi connectivity index (χ1n) is 5.53. The second-order valence-corrected chi connectivity index (χ2v) is 4.94. The smallest absolute Gasteiger partial charge is 0.259 e. The Morgan fingerprint density at radius 2 is 1.89 bits per heavy atom. The van der Waals surface area contributed by atoms with Crippen LogP contribution in [0.5, 0.6) is 5.75 Å². The van der Waals surface area contributed by atoms with Gasteiger partial charge in [0.05, 0.1) is 16.3 Å². The summed E-state index contributed by atoms with van der Waals surface area (Å²) in [5, 5.41) is 13.1. The molecule has 5 heteroatoms. The summed E-state index contributed by atoms with van der Waals surface area (Å²) in [4.78, 5) is 12.0. The van der Waals surface area contributed by atoms with Crippen molar-refractivity contribution in [3.05, 3.63) is 57.6 Å². The third-order valence-electron chi connectivity index (χ3n) is 2.58. The molecule has 19 heavy (non-hydrogen) atoms. The average molecular weight is 296 g/mol. The molecule has 2 aromatic carbocycles. The zero-order chi connectivity index (χ0) is 14.0. The van der Waals surface area contributed by atoms with Gasteiger partial charge in [-0.3, -0.25) is 4.79 Å². The van der Waals surface area contributed by atoms with E-state index in [1.165, 1.54) is 18.2 Å². The van der Waals surface area contributed by atoms with Crippen molar-refractivity contribution in [1.82, 2.24) is 0 Å². The van der Waals surface area contributed by atoms with Crippen molar-refractivity contribution < 1.29 is 9.90 Å². The second kappa shape index (κ2) is 5.51. The SMILES string of the molecule is Cc1ccc(NC(=O)c2ccc(Cl)cc2O)c(Cl)c1. The fourth-order valence-electron chi connectivity index (χ4n) is 1.61. The average Bonchev–Trinajstić information content (AvgIpc) is 2.32. The van der Waals surface area contributed by atoms with Gasteiger partial charge >= 0.3 is 0 Å². The van der Waals surface area contributed by atoms with Crippen LogP contribution in [0.1, 0.15) is 15.9 Å². The van der Waals surface area contributed by atoms with E-state index < -0.39 is 5.91 Å². The number of aryl methyl sites for hydroxylation is 1. The van der Waals surface area contributed by atoms with E-state index in [0.29, 0.717) is 15.7 Å². The molecule has 2 aromatic rings. The molecule has 0 saturated heterocycles. The van der Waals surface area contributed by atoms with Crippen LogP contribution in [0.15, 0.2) is 36.4 Å². The number of carbonyl (C=O) groups excluding carboxylic acids is 1. The number of phenols is 1. The van der Waals surface area contributed by atoms with Gasteiger partial charge in [0.25, 0.3) is 5.91 Å². The molecule has 0 radical (unpaired) electrons. The summed E-state index contributed by atoms with van der Waals surface area (Å²) in [5.41, 5.74) is 1.63. The van der Waals surface area contributed by atoms with E-state index >= 15 is 0 Å². The summed E-state index contributed by atoms with van der Waals surface area (Å²) in [6.07, 6.45) is 0. The molecule has 2 N–H and O–H groups in total. The van der Waals surface area contributed by atoms with Crippen LogP contribution in [-0.4, -0.2) is 11.0 Å². The van der Waals surface area contributed by atoms with Gasteiger partial charge in [-0.1, -0.05) is 29.3 Å². The molecule has 98 valence electrons. The van der Waals surface area contributed by atoms with Crippen molar-refractivity contribution in [2.45, 2.75) is 6.92 Å². The topological polar surface area (TPSA) is 49.3 Å². The number of amides is 1. The van der Waals surface area contributed by atoms with Gasteiger partial charge in [-0.2, -0.15) is 0 Å². The number of hydrogen-bond donors (Lipinski definition) is 2. The van der Waals surface area contributed by atoms with Gasteiger partial charge in [0, 0.05) is 5.02 Å². The summed E-state index contributed by atoms with van der Waals surface area (Å²) >= 11 is 11.7. The van der Waals surface area contributed by atoms with Crippen molar-refractivity contribution in [3.8, 4) is 5.75 Å². The fourth-order valence-corrected chi connectivity index (χ4v) is 2.06. The van der Waals surface area contributed by atoms with Gasteiger partial charge in [0.1, 0.15) is 5.75 Å². The molecule has 0 aliphatic rings. The Bertz CT molecular complexity index is 641. The Morgan fingerprint density at radius 1 is 1.16 bits per heavy atom. The van der Waals surface area contributed by atoms with Crippen LogP contribution in [0.25, 0.3) is 0 Å². The summed E-state index contributed by atoms with van der Waals surface area (Å²) in [7, 11) is 0. The number of phenolic OH excluding ortho intramolecular Hbond substituents is 1. The van der Waals surface area contributed by atoms with Crippen LogP contribution >= 0.6 is 23.2 Å². The van der Waals surface area contributed by atoms with Crippen LogP contribution in [0.3, 0.4) is 0 Å². The van der Waals surface area contributed by atoms with Crippen LogP contribution in [0.2, 0.25) is 10.0 Å². The molecule has 0 saturated carbocycles. The van der Waals surface area contributed by atoms with E-state index in [9.17, 15) is 9.90 Å². The molecular formula is C14H11Cl2NO2. The second-order valence-electron chi connectivity index (χ2n) is 4.10. The van der Waals surface area contributed by atoms with Crippen molar-refractivity contribution >= 4 is 34.8 Å². The molecular weight excluding hydrogens is 285 g/mol. The molecule has 2 rings (SSSR count). The van der Waals surface area contributed by atoms with E-state index in [0.717, 1.165) is 5.56 Å². The predicted molar refractivity (Wildman–Crippen MR) is 77.3 cm³/mol. The van der Waals surface area contributed by atoms with E-state index in [4.69, 9.17) is 23.2 Å². The third-order valence-corrected chi connectivity index (χ3v) is 3.12. The summed E-state index contributed by atoms with van der Waals surface area (Å²) in [5.74, 6) is -0.617. The molecule has 0 unspecified atom stereocenters. The Morgan fingerprint density at radius 3 is 2.53 bits per heavy atom. The maximum Gasteiger partial charge on any atom is 0.259 e. The van der Waals surface area contributed by atoms with Gasteiger partial charge in [0.2, 0.25) is 0 Å². The molecule has 0 spiro atoms. The summed E-state index contributed by atoms with van der Waals surface area (Å²) in [6, 6.07) is 9.60. The zero-order valence-corrected chi connectivity index (χ0v) is 11.6. The minimum Gasteiger partial charge on any atom is -0.507 e. The maximum atomic E-state index is 12.0. The molecule has 1 amide bonds. The first-order chi connectivity index (χ1) is 8.97. The number of halogens is 2. The lowest BCUT2D eigenvalue weighted by Gasteiger charge is -2.09. The Balaban J connectivity index is 2.25. The van der Waals surface area contributed by atoms with E-state index in [1.54, 1.807) is 12.1 Å². The molecule has 0 aliphatic heterocycles. The highest BCUT2D eigenvalue weighted by atomic mass is 35.5. The highest BCUT2D eigenvalue weighted by Crippen LogP contribution is 2.26. The lowest BCUT2D eigenvalue weighted by molar-refractivity contribution is 0.102. The van der Waals surface area contributed by atoms with Crippen molar-refractivity contribution in [1.29, 1.82) is 0 Å². The number of hydrogen-bond acceptors (Lipinski definition) is 2. The third kappa shape index (κ3) is 3.19. The Hall–Kier alpha value is -1.71. The van der Waals surface area contributed by atoms with Gasteiger partial charge in [-0.05, 0) is 42.8 Å². The number of aromatic hydroxyl groups is 1. The van der Waals surface area contributed by atoms with Crippen LogP contribution in [-0.2, 0) is 0 Å².